The van der Waals surface area contributed by atoms with Crippen molar-refractivity contribution < 1.29 is 14.7 Å². The Morgan fingerprint density at radius 3 is 2.44 bits per heavy atom. The highest BCUT2D eigenvalue weighted by molar-refractivity contribution is 6.35. The lowest BCUT2D eigenvalue weighted by Crippen LogP contribution is -2.48. The van der Waals surface area contributed by atoms with Gasteiger partial charge in [-0.1, -0.05) is 29.6 Å². The van der Waals surface area contributed by atoms with E-state index in [9.17, 15) is 9.59 Å². The second-order valence-corrected chi connectivity index (χ2v) is 5.16. The van der Waals surface area contributed by atoms with Gasteiger partial charge in [0.05, 0.1) is 10.7 Å². The molecular weight excluding hydrogens is 277 g/mol. The molecule has 1 aliphatic rings. The van der Waals surface area contributed by atoms with Gasteiger partial charge in [0, 0.05) is 5.02 Å². The van der Waals surface area contributed by atoms with E-state index in [2.05, 4.69) is 5.32 Å². The topological polar surface area (TPSA) is 66.4 Å². The molecule has 1 fully saturated rings. The highest BCUT2D eigenvalue weighted by Crippen LogP contribution is 2.42. The second kappa shape index (κ2) is 4.78. The first-order chi connectivity index (χ1) is 8.45. The average molecular weight is 288 g/mol. The number of hydrogen-bond acceptors (Lipinski definition) is 2. The Morgan fingerprint density at radius 2 is 1.94 bits per heavy atom. The van der Waals surface area contributed by atoms with E-state index in [-0.39, 0.29) is 0 Å². The van der Waals surface area contributed by atoms with Gasteiger partial charge in [-0.2, -0.15) is 0 Å². The van der Waals surface area contributed by atoms with Gasteiger partial charge in [-0.25, -0.2) is 0 Å². The number of carboxylic acid groups (broad SMARTS) is 1. The summed E-state index contributed by atoms with van der Waals surface area (Å²) in [5.74, 6) is -1.63. The molecule has 4 nitrogen and oxygen atoms in total. The van der Waals surface area contributed by atoms with Crippen LogP contribution in [0.5, 0.6) is 0 Å². The summed E-state index contributed by atoms with van der Waals surface area (Å²) in [6.07, 6.45) is 1.45. The predicted octanol–water partition coefficient (Wildman–Crippen LogP) is 3.19. The molecule has 18 heavy (non-hydrogen) atoms. The molecular formula is C12H11Cl2NO3. The minimum absolute atomic E-state index is 0.326. The number of anilines is 1. The number of nitrogens with one attached hydrogen (secondary N) is 1. The summed E-state index contributed by atoms with van der Waals surface area (Å²) < 4.78 is 0. The number of carbonyl (C=O) groups excluding carboxylic acids is 1. The van der Waals surface area contributed by atoms with Crippen molar-refractivity contribution in [2.24, 2.45) is 5.41 Å². The standard InChI is InChI=1S/C12H11Cl2NO3/c13-7-2-3-8(14)9(6-7)15-10(16)12(11(17)18)4-1-5-12/h2-3,6H,1,4-5H2,(H,15,16)(H,17,18). The van der Waals surface area contributed by atoms with Crippen LogP contribution in [0.1, 0.15) is 19.3 Å². The minimum Gasteiger partial charge on any atom is -0.480 e. The summed E-state index contributed by atoms with van der Waals surface area (Å²) in [5, 5.41) is 12.4. The normalized spacial score (nSPS) is 16.8. The van der Waals surface area contributed by atoms with E-state index in [4.69, 9.17) is 28.3 Å². The average Bonchev–Trinajstić information content (AvgIpc) is 2.21. The quantitative estimate of drug-likeness (QED) is 0.839. The molecule has 1 aromatic carbocycles. The third kappa shape index (κ3) is 2.18. The zero-order valence-corrected chi connectivity index (χ0v) is 10.9. The molecule has 0 saturated heterocycles. The molecule has 6 heteroatoms. The lowest BCUT2D eigenvalue weighted by molar-refractivity contribution is -0.159. The van der Waals surface area contributed by atoms with Crippen molar-refractivity contribution in [3.05, 3.63) is 28.2 Å². The van der Waals surface area contributed by atoms with Crippen LogP contribution < -0.4 is 5.32 Å². The number of hydrogen-bond donors (Lipinski definition) is 2. The number of carbonyl (C=O) groups is 2. The fourth-order valence-electron chi connectivity index (χ4n) is 1.90. The number of benzene rings is 1. The molecule has 0 aromatic heterocycles. The predicted molar refractivity (Wildman–Crippen MR) is 69.0 cm³/mol. The maximum atomic E-state index is 12.0. The van der Waals surface area contributed by atoms with Crippen molar-refractivity contribution in [3.63, 3.8) is 0 Å². The Morgan fingerprint density at radius 1 is 1.28 bits per heavy atom. The molecule has 1 aliphatic carbocycles. The highest BCUT2D eigenvalue weighted by atomic mass is 35.5. The number of amides is 1. The Bertz CT molecular complexity index is 512. The van der Waals surface area contributed by atoms with Gasteiger partial charge in [-0.05, 0) is 31.0 Å². The molecule has 96 valence electrons. The van der Waals surface area contributed by atoms with E-state index in [0.29, 0.717) is 28.6 Å². The summed E-state index contributed by atoms with van der Waals surface area (Å²) in [5.41, 5.74) is -0.979. The summed E-state index contributed by atoms with van der Waals surface area (Å²) in [6, 6.07) is 4.64. The number of halogens is 2. The van der Waals surface area contributed by atoms with Crippen molar-refractivity contribution in [2.75, 3.05) is 5.32 Å². The fraction of sp³-hybridized carbons (Fsp3) is 0.333. The van der Waals surface area contributed by atoms with Gasteiger partial charge in [0.1, 0.15) is 5.41 Å². The first kappa shape index (κ1) is 13.2. The van der Waals surface area contributed by atoms with E-state index < -0.39 is 17.3 Å². The van der Waals surface area contributed by atoms with E-state index in [1.165, 1.54) is 6.07 Å². The van der Waals surface area contributed by atoms with Crippen molar-refractivity contribution in [1.29, 1.82) is 0 Å². The molecule has 0 bridgehead atoms. The molecule has 2 N–H and O–H groups in total. The lowest BCUT2D eigenvalue weighted by Gasteiger charge is -2.35. The Labute approximate surface area is 114 Å². The molecule has 0 radical (unpaired) electrons. The van der Waals surface area contributed by atoms with Crippen LogP contribution in [-0.4, -0.2) is 17.0 Å². The van der Waals surface area contributed by atoms with Crippen LogP contribution in [0.3, 0.4) is 0 Å². The van der Waals surface area contributed by atoms with Gasteiger partial charge in [0.2, 0.25) is 5.91 Å². The molecule has 1 amide bonds. The highest BCUT2D eigenvalue weighted by Gasteiger charge is 2.51. The van der Waals surface area contributed by atoms with Crippen LogP contribution in [0.25, 0.3) is 0 Å². The first-order valence-electron chi connectivity index (χ1n) is 5.45. The fourth-order valence-corrected chi connectivity index (χ4v) is 2.24. The van der Waals surface area contributed by atoms with Crippen LogP contribution in [0, 0.1) is 5.41 Å². The third-order valence-electron chi connectivity index (χ3n) is 3.23. The largest absolute Gasteiger partial charge is 0.480 e. The smallest absolute Gasteiger partial charge is 0.319 e. The summed E-state index contributed by atoms with van der Waals surface area (Å²) in [6.45, 7) is 0. The van der Waals surface area contributed by atoms with Gasteiger partial charge in [-0.3, -0.25) is 9.59 Å². The van der Waals surface area contributed by atoms with Crippen LogP contribution >= 0.6 is 23.2 Å². The van der Waals surface area contributed by atoms with Crippen molar-refractivity contribution in [1.82, 2.24) is 0 Å². The maximum absolute atomic E-state index is 12.0. The molecule has 0 aliphatic heterocycles. The van der Waals surface area contributed by atoms with E-state index >= 15 is 0 Å². The first-order valence-corrected chi connectivity index (χ1v) is 6.21. The van der Waals surface area contributed by atoms with Crippen LogP contribution in [0.2, 0.25) is 10.0 Å². The molecule has 1 aromatic rings. The Kier molecular flexibility index (Phi) is 3.50. The van der Waals surface area contributed by atoms with E-state index in [1.807, 2.05) is 0 Å². The summed E-state index contributed by atoms with van der Waals surface area (Å²) in [7, 11) is 0. The van der Waals surface area contributed by atoms with Gasteiger partial charge in [-0.15, -0.1) is 0 Å². The SMILES string of the molecule is O=C(O)C1(C(=O)Nc2cc(Cl)ccc2Cl)CCC1. The van der Waals surface area contributed by atoms with Gasteiger partial charge < -0.3 is 10.4 Å². The minimum atomic E-state index is -1.31. The third-order valence-corrected chi connectivity index (χ3v) is 3.79. The Balaban J connectivity index is 2.21. The van der Waals surface area contributed by atoms with Gasteiger partial charge in [0.25, 0.3) is 0 Å². The number of carboxylic acids is 1. The van der Waals surface area contributed by atoms with Crippen LogP contribution in [-0.2, 0) is 9.59 Å². The molecule has 2 rings (SSSR count). The molecule has 0 atom stereocenters. The zero-order chi connectivity index (χ0) is 13.3. The van der Waals surface area contributed by atoms with Crippen LogP contribution in [0.4, 0.5) is 5.69 Å². The summed E-state index contributed by atoms with van der Waals surface area (Å²) >= 11 is 11.7. The maximum Gasteiger partial charge on any atom is 0.319 e. The summed E-state index contributed by atoms with van der Waals surface area (Å²) in [4.78, 5) is 23.2. The number of rotatable bonds is 3. The second-order valence-electron chi connectivity index (χ2n) is 4.32. The molecule has 0 unspecified atom stereocenters. The van der Waals surface area contributed by atoms with Crippen molar-refractivity contribution >= 4 is 40.8 Å². The van der Waals surface area contributed by atoms with E-state index in [0.717, 1.165) is 6.42 Å². The van der Waals surface area contributed by atoms with Crippen LogP contribution in [0.15, 0.2) is 18.2 Å². The van der Waals surface area contributed by atoms with E-state index in [1.54, 1.807) is 12.1 Å². The molecule has 1 saturated carbocycles. The van der Waals surface area contributed by atoms with Gasteiger partial charge in [0.15, 0.2) is 0 Å². The monoisotopic (exact) mass is 287 g/mol. The molecule has 0 spiro atoms. The zero-order valence-electron chi connectivity index (χ0n) is 9.37. The Hall–Kier alpha value is -1.26. The lowest BCUT2D eigenvalue weighted by atomic mass is 9.68. The van der Waals surface area contributed by atoms with Gasteiger partial charge >= 0.3 is 5.97 Å². The van der Waals surface area contributed by atoms with Crippen molar-refractivity contribution in [2.45, 2.75) is 19.3 Å². The van der Waals surface area contributed by atoms with Crippen molar-refractivity contribution in [3.8, 4) is 0 Å². The number of aliphatic carboxylic acids is 1. The molecule has 0 heterocycles.